The number of nitrogens with zero attached hydrogens (tertiary/aromatic N) is 2. The molecule has 192 valence electrons. The van der Waals surface area contributed by atoms with Crippen molar-refractivity contribution in [1.82, 2.24) is 4.98 Å². The van der Waals surface area contributed by atoms with Crippen LogP contribution in [-0.2, 0) is 20.7 Å². The van der Waals surface area contributed by atoms with Crippen LogP contribution < -0.4 is 9.64 Å². The minimum absolute atomic E-state index is 0.0481. The average molecular weight is 521 g/mol. The second-order valence-corrected chi connectivity index (χ2v) is 9.55. The van der Waals surface area contributed by atoms with Gasteiger partial charge in [-0.3, -0.25) is 14.5 Å². The summed E-state index contributed by atoms with van der Waals surface area (Å²) in [6.45, 7) is 7.36. The zero-order valence-electron chi connectivity index (χ0n) is 21.3. The SMILES string of the molecule is CCOC(=O)c1sc(N2C(=O)C(=O)/C(=C(/O)c3ccc(OC)cc3C)[C@H]2c2ccc(CC)cc2)nc1C. The van der Waals surface area contributed by atoms with Crippen molar-refractivity contribution in [1.29, 1.82) is 0 Å². The number of ether oxygens (including phenoxy) is 2. The topological polar surface area (TPSA) is 106 Å². The van der Waals surface area contributed by atoms with Gasteiger partial charge in [0, 0.05) is 5.56 Å². The standard InChI is InChI=1S/C28H28N2O6S/c1-6-17-8-10-18(11-9-17)22-21(23(31)20-13-12-19(35-5)14-15(20)3)24(32)26(33)30(22)28-29-16(4)25(37-28)27(34)36-7-2/h8-14,22,31H,6-7H2,1-5H3/b23-21+/t22-/m1/s1. The molecule has 1 saturated heterocycles. The van der Waals surface area contributed by atoms with E-state index >= 15 is 0 Å². The fourth-order valence-electron chi connectivity index (χ4n) is 4.33. The largest absolute Gasteiger partial charge is 0.507 e. The molecule has 0 unspecified atom stereocenters. The van der Waals surface area contributed by atoms with Crippen LogP contribution in [0.2, 0.25) is 0 Å². The van der Waals surface area contributed by atoms with Gasteiger partial charge in [0.1, 0.15) is 16.4 Å². The Morgan fingerprint density at radius 2 is 1.81 bits per heavy atom. The Morgan fingerprint density at radius 1 is 1.11 bits per heavy atom. The van der Waals surface area contributed by atoms with E-state index in [4.69, 9.17) is 9.47 Å². The lowest BCUT2D eigenvalue weighted by molar-refractivity contribution is -0.132. The molecule has 1 aromatic heterocycles. The van der Waals surface area contributed by atoms with Gasteiger partial charge in [-0.15, -0.1) is 0 Å². The lowest BCUT2D eigenvalue weighted by Gasteiger charge is -2.23. The Hall–Kier alpha value is -3.98. The number of benzene rings is 2. The van der Waals surface area contributed by atoms with Crippen LogP contribution in [0.4, 0.5) is 5.13 Å². The number of carbonyl (C=O) groups is 3. The van der Waals surface area contributed by atoms with E-state index < -0.39 is 23.7 Å². The molecule has 1 aliphatic heterocycles. The Balaban J connectivity index is 1.92. The van der Waals surface area contributed by atoms with E-state index in [1.165, 1.54) is 4.90 Å². The highest BCUT2D eigenvalue weighted by atomic mass is 32.1. The number of aromatic nitrogens is 1. The van der Waals surface area contributed by atoms with Crippen molar-refractivity contribution in [3.63, 3.8) is 0 Å². The summed E-state index contributed by atoms with van der Waals surface area (Å²) >= 11 is 0.981. The number of anilines is 1. The fraction of sp³-hybridized carbons (Fsp3) is 0.286. The molecule has 1 N–H and O–H groups in total. The van der Waals surface area contributed by atoms with E-state index in [0.717, 1.165) is 23.3 Å². The molecule has 0 radical (unpaired) electrons. The molecule has 8 nitrogen and oxygen atoms in total. The molecule has 1 aliphatic rings. The molecule has 0 bridgehead atoms. The maximum absolute atomic E-state index is 13.4. The molecule has 1 atom stereocenters. The van der Waals surface area contributed by atoms with Crippen LogP contribution in [0.15, 0.2) is 48.0 Å². The highest BCUT2D eigenvalue weighted by Crippen LogP contribution is 2.44. The first kappa shape index (κ1) is 26.1. The minimum Gasteiger partial charge on any atom is -0.507 e. The first-order chi connectivity index (χ1) is 17.7. The van der Waals surface area contributed by atoms with E-state index in [2.05, 4.69) is 4.98 Å². The highest BCUT2D eigenvalue weighted by molar-refractivity contribution is 7.17. The highest BCUT2D eigenvalue weighted by Gasteiger charge is 2.48. The number of hydrogen-bond acceptors (Lipinski definition) is 8. The molecule has 2 heterocycles. The number of carbonyl (C=O) groups excluding carboxylic acids is 3. The number of aryl methyl sites for hydroxylation is 3. The summed E-state index contributed by atoms with van der Waals surface area (Å²) in [5.74, 6) is -1.89. The molecule has 37 heavy (non-hydrogen) atoms. The van der Waals surface area contributed by atoms with Crippen molar-refractivity contribution in [3.8, 4) is 5.75 Å². The van der Waals surface area contributed by atoms with Gasteiger partial charge in [-0.2, -0.15) is 0 Å². The number of methoxy groups -OCH3 is 1. The first-order valence-corrected chi connectivity index (χ1v) is 12.7. The molecule has 9 heteroatoms. The Labute approximate surface area is 219 Å². The van der Waals surface area contributed by atoms with Gasteiger partial charge in [-0.05, 0) is 62.1 Å². The molecule has 0 spiro atoms. The average Bonchev–Trinajstić information content (AvgIpc) is 3.40. The quantitative estimate of drug-likeness (QED) is 0.199. The molecule has 3 aromatic rings. The molecule has 1 fully saturated rings. The van der Waals surface area contributed by atoms with Crippen LogP contribution in [0, 0.1) is 13.8 Å². The molecular formula is C28H28N2O6S. The number of amides is 1. The normalized spacial score (nSPS) is 16.8. The smallest absolute Gasteiger partial charge is 0.350 e. The van der Waals surface area contributed by atoms with Crippen molar-refractivity contribution in [2.45, 2.75) is 40.2 Å². The second-order valence-electron chi connectivity index (χ2n) is 8.58. The van der Waals surface area contributed by atoms with Crippen LogP contribution in [0.3, 0.4) is 0 Å². The number of esters is 1. The van der Waals surface area contributed by atoms with Crippen molar-refractivity contribution >= 4 is 39.9 Å². The summed E-state index contributed by atoms with van der Waals surface area (Å²) in [5.41, 5.74) is 3.16. The van der Waals surface area contributed by atoms with E-state index in [1.54, 1.807) is 46.1 Å². The Kier molecular flexibility index (Phi) is 7.45. The zero-order chi connectivity index (χ0) is 26.9. The third-order valence-electron chi connectivity index (χ3n) is 6.29. The number of rotatable bonds is 7. The van der Waals surface area contributed by atoms with Gasteiger partial charge in [-0.1, -0.05) is 42.5 Å². The number of Topliss-reactive ketones (excluding diaryl/α,β-unsaturated/α-hetero) is 1. The molecular weight excluding hydrogens is 492 g/mol. The van der Waals surface area contributed by atoms with E-state index in [1.807, 2.05) is 31.2 Å². The number of ketones is 1. The molecule has 0 saturated carbocycles. The molecule has 4 rings (SSSR count). The van der Waals surface area contributed by atoms with Gasteiger partial charge < -0.3 is 14.6 Å². The number of aliphatic hydroxyl groups is 1. The zero-order valence-corrected chi connectivity index (χ0v) is 22.1. The predicted molar refractivity (Wildman–Crippen MR) is 141 cm³/mol. The van der Waals surface area contributed by atoms with Crippen molar-refractivity contribution in [2.75, 3.05) is 18.6 Å². The molecule has 0 aliphatic carbocycles. The second kappa shape index (κ2) is 10.6. The van der Waals surface area contributed by atoms with Gasteiger partial charge in [0.2, 0.25) is 0 Å². The number of thiazole rings is 1. The molecule has 2 aromatic carbocycles. The first-order valence-electron chi connectivity index (χ1n) is 11.9. The lowest BCUT2D eigenvalue weighted by Crippen LogP contribution is -2.29. The van der Waals surface area contributed by atoms with Crippen molar-refractivity contribution < 1.29 is 29.0 Å². The predicted octanol–water partition coefficient (Wildman–Crippen LogP) is 5.13. The van der Waals surface area contributed by atoms with Crippen LogP contribution >= 0.6 is 11.3 Å². The summed E-state index contributed by atoms with van der Waals surface area (Å²) in [4.78, 5) is 45.2. The number of hydrogen-bond donors (Lipinski definition) is 1. The third-order valence-corrected chi connectivity index (χ3v) is 7.43. The Bertz CT molecular complexity index is 1410. The fourth-order valence-corrected chi connectivity index (χ4v) is 5.31. The van der Waals surface area contributed by atoms with E-state index in [0.29, 0.717) is 28.1 Å². The minimum atomic E-state index is -0.937. The maximum Gasteiger partial charge on any atom is 0.350 e. The van der Waals surface area contributed by atoms with Crippen LogP contribution in [-0.4, -0.2) is 41.5 Å². The summed E-state index contributed by atoms with van der Waals surface area (Å²) in [7, 11) is 1.54. The summed E-state index contributed by atoms with van der Waals surface area (Å²) < 4.78 is 10.4. The van der Waals surface area contributed by atoms with Gasteiger partial charge in [0.15, 0.2) is 5.13 Å². The Morgan fingerprint density at radius 3 is 2.41 bits per heavy atom. The summed E-state index contributed by atoms with van der Waals surface area (Å²) in [6.07, 6.45) is 0.820. The molecule has 1 amide bonds. The van der Waals surface area contributed by atoms with Crippen molar-refractivity contribution in [2.24, 2.45) is 0 Å². The van der Waals surface area contributed by atoms with Gasteiger partial charge in [0.25, 0.3) is 5.78 Å². The van der Waals surface area contributed by atoms with Gasteiger partial charge in [0.05, 0.1) is 31.0 Å². The van der Waals surface area contributed by atoms with E-state index in [-0.39, 0.29) is 27.9 Å². The summed E-state index contributed by atoms with van der Waals surface area (Å²) in [5, 5.41) is 11.6. The lowest BCUT2D eigenvalue weighted by atomic mass is 9.93. The van der Waals surface area contributed by atoms with Gasteiger partial charge >= 0.3 is 11.9 Å². The van der Waals surface area contributed by atoms with E-state index in [9.17, 15) is 19.5 Å². The number of aliphatic hydroxyl groups excluding tert-OH is 1. The maximum atomic E-state index is 13.4. The van der Waals surface area contributed by atoms with Gasteiger partial charge in [-0.25, -0.2) is 9.78 Å². The van der Waals surface area contributed by atoms with Crippen LogP contribution in [0.25, 0.3) is 5.76 Å². The summed E-state index contributed by atoms with van der Waals surface area (Å²) in [6, 6.07) is 11.7. The van der Waals surface area contributed by atoms with Crippen LogP contribution in [0.5, 0.6) is 5.75 Å². The van der Waals surface area contributed by atoms with Crippen LogP contribution in [0.1, 0.15) is 57.5 Å². The monoisotopic (exact) mass is 520 g/mol. The third kappa shape index (κ3) is 4.74. The van der Waals surface area contributed by atoms with Crippen molar-refractivity contribution in [3.05, 3.63) is 80.9 Å².